The van der Waals surface area contributed by atoms with E-state index in [2.05, 4.69) is 55.1 Å². The number of benzene rings is 3. The number of anilines is 1. The van der Waals surface area contributed by atoms with Crippen LogP contribution < -0.4 is 4.90 Å². The van der Waals surface area contributed by atoms with Gasteiger partial charge in [-0.25, -0.2) is 0 Å². The lowest BCUT2D eigenvalue weighted by Gasteiger charge is -2.32. The SMILES string of the molecule is Cc1c(N(C)C(C)C(O)c2ccccc2)ccc2ccccc12. The topological polar surface area (TPSA) is 23.5 Å². The lowest BCUT2D eigenvalue weighted by atomic mass is 9.99. The summed E-state index contributed by atoms with van der Waals surface area (Å²) in [6.07, 6.45) is -0.521. The van der Waals surface area contributed by atoms with Gasteiger partial charge in [-0.2, -0.15) is 0 Å². The summed E-state index contributed by atoms with van der Waals surface area (Å²) in [7, 11) is 2.05. The number of fused-ring (bicyclic) bond motifs is 1. The van der Waals surface area contributed by atoms with Gasteiger partial charge >= 0.3 is 0 Å². The van der Waals surface area contributed by atoms with Gasteiger partial charge in [0, 0.05) is 12.7 Å². The first-order chi connectivity index (χ1) is 11.1. The molecule has 1 N–H and O–H groups in total. The summed E-state index contributed by atoms with van der Waals surface area (Å²) < 4.78 is 0. The molecule has 3 aromatic carbocycles. The number of nitrogens with zero attached hydrogens (tertiary/aromatic N) is 1. The molecule has 3 rings (SSSR count). The number of likely N-dealkylation sites (N-methyl/N-ethyl adjacent to an activating group) is 1. The number of hydrogen-bond donors (Lipinski definition) is 1. The average Bonchev–Trinajstić information content (AvgIpc) is 2.61. The van der Waals surface area contributed by atoms with Crippen LogP contribution in [-0.4, -0.2) is 18.2 Å². The van der Waals surface area contributed by atoms with Crippen molar-refractivity contribution in [2.24, 2.45) is 0 Å². The van der Waals surface area contributed by atoms with Crippen LogP contribution in [0.25, 0.3) is 10.8 Å². The van der Waals surface area contributed by atoms with E-state index < -0.39 is 6.10 Å². The Balaban J connectivity index is 1.93. The molecule has 0 saturated heterocycles. The molecule has 0 radical (unpaired) electrons. The molecule has 0 fully saturated rings. The number of aryl methyl sites for hydroxylation is 1. The van der Waals surface area contributed by atoms with Crippen LogP contribution >= 0.6 is 0 Å². The van der Waals surface area contributed by atoms with Crippen molar-refractivity contribution in [3.05, 3.63) is 77.9 Å². The molecule has 0 aliphatic carbocycles. The lowest BCUT2D eigenvalue weighted by molar-refractivity contribution is 0.151. The molecule has 0 aliphatic rings. The summed E-state index contributed by atoms with van der Waals surface area (Å²) in [6, 6.07) is 22.5. The third-order valence-electron chi connectivity index (χ3n) is 4.76. The molecule has 0 amide bonds. The van der Waals surface area contributed by atoms with Crippen molar-refractivity contribution in [3.63, 3.8) is 0 Å². The monoisotopic (exact) mass is 305 g/mol. The summed E-state index contributed by atoms with van der Waals surface area (Å²) in [5.41, 5.74) is 3.36. The summed E-state index contributed by atoms with van der Waals surface area (Å²) in [6.45, 7) is 4.21. The number of rotatable bonds is 4. The second kappa shape index (κ2) is 6.43. The van der Waals surface area contributed by atoms with Crippen molar-refractivity contribution in [3.8, 4) is 0 Å². The second-order valence-corrected chi connectivity index (χ2v) is 6.14. The maximum Gasteiger partial charge on any atom is 0.0990 e. The molecule has 0 saturated carbocycles. The van der Waals surface area contributed by atoms with Crippen molar-refractivity contribution < 1.29 is 5.11 Å². The van der Waals surface area contributed by atoms with Crippen LogP contribution in [0.2, 0.25) is 0 Å². The van der Waals surface area contributed by atoms with Gasteiger partial charge in [0.25, 0.3) is 0 Å². The van der Waals surface area contributed by atoms with E-state index in [1.165, 1.54) is 16.3 Å². The predicted molar refractivity (Wildman–Crippen MR) is 98.0 cm³/mol. The van der Waals surface area contributed by atoms with E-state index in [9.17, 15) is 5.11 Å². The maximum atomic E-state index is 10.7. The largest absolute Gasteiger partial charge is 0.386 e. The van der Waals surface area contributed by atoms with Crippen LogP contribution in [0, 0.1) is 6.92 Å². The Bertz CT molecular complexity index is 797. The number of aliphatic hydroxyl groups excluding tert-OH is 1. The Morgan fingerprint density at radius 2 is 1.52 bits per heavy atom. The first kappa shape index (κ1) is 15.6. The third-order valence-corrected chi connectivity index (χ3v) is 4.76. The first-order valence-corrected chi connectivity index (χ1v) is 8.04. The van der Waals surface area contributed by atoms with Crippen molar-refractivity contribution >= 4 is 16.5 Å². The van der Waals surface area contributed by atoms with Crippen LogP contribution in [0.5, 0.6) is 0 Å². The van der Waals surface area contributed by atoms with E-state index >= 15 is 0 Å². The molecule has 2 nitrogen and oxygen atoms in total. The molecule has 0 aliphatic heterocycles. The molecule has 23 heavy (non-hydrogen) atoms. The van der Waals surface area contributed by atoms with Gasteiger partial charge < -0.3 is 10.0 Å². The van der Waals surface area contributed by atoms with E-state index in [4.69, 9.17) is 0 Å². The minimum atomic E-state index is -0.521. The molecule has 0 spiro atoms. The highest BCUT2D eigenvalue weighted by Crippen LogP contribution is 2.31. The minimum absolute atomic E-state index is 0.0164. The smallest absolute Gasteiger partial charge is 0.0990 e. The van der Waals surface area contributed by atoms with Crippen molar-refractivity contribution in [2.75, 3.05) is 11.9 Å². The van der Waals surface area contributed by atoms with Crippen LogP contribution in [0.15, 0.2) is 66.7 Å². The van der Waals surface area contributed by atoms with Crippen LogP contribution in [-0.2, 0) is 0 Å². The highest BCUT2D eigenvalue weighted by Gasteiger charge is 2.22. The zero-order chi connectivity index (χ0) is 16.4. The molecule has 0 heterocycles. The van der Waals surface area contributed by atoms with E-state index in [0.29, 0.717) is 0 Å². The predicted octanol–water partition coefficient (Wildman–Crippen LogP) is 4.71. The molecule has 0 aromatic heterocycles. The molecule has 118 valence electrons. The average molecular weight is 305 g/mol. The van der Waals surface area contributed by atoms with E-state index in [1.807, 2.05) is 37.4 Å². The second-order valence-electron chi connectivity index (χ2n) is 6.14. The van der Waals surface area contributed by atoms with Gasteiger partial charge in [0.15, 0.2) is 0 Å². The van der Waals surface area contributed by atoms with Crippen molar-refractivity contribution in [1.29, 1.82) is 0 Å². The summed E-state index contributed by atoms with van der Waals surface area (Å²) in [4.78, 5) is 2.17. The Hall–Kier alpha value is -2.32. The maximum absolute atomic E-state index is 10.7. The Morgan fingerprint density at radius 1 is 0.870 bits per heavy atom. The van der Waals surface area contributed by atoms with E-state index in [-0.39, 0.29) is 6.04 Å². The minimum Gasteiger partial charge on any atom is -0.386 e. The van der Waals surface area contributed by atoms with Gasteiger partial charge in [0.05, 0.1) is 12.1 Å². The summed E-state index contributed by atoms with van der Waals surface area (Å²) in [5, 5.41) is 13.2. The molecule has 3 aromatic rings. The highest BCUT2D eigenvalue weighted by atomic mass is 16.3. The van der Waals surface area contributed by atoms with Crippen LogP contribution in [0.4, 0.5) is 5.69 Å². The number of hydrogen-bond acceptors (Lipinski definition) is 2. The molecule has 0 bridgehead atoms. The summed E-state index contributed by atoms with van der Waals surface area (Å²) in [5.74, 6) is 0. The van der Waals surface area contributed by atoms with Gasteiger partial charge in [-0.15, -0.1) is 0 Å². The molecule has 2 unspecified atom stereocenters. The Kier molecular flexibility index (Phi) is 4.35. The van der Waals surface area contributed by atoms with E-state index in [1.54, 1.807) is 0 Å². The molecular weight excluding hydrogens is 282 g/mol. The lowest BCUT2D eigenvalue weighted by Crippen LogP contribution is -2.34. The fraction of sp³-hybridized carbons (Fsp3) is 0.238. The fourth-order valence-electron chi connectivity index (χ4n) is 3.16. The van der Waals surface area contributed by atoms with E-state index in [0.717, 1.165) is 11.3 Å². The molecule has 2 heteroatoms. The first-order valence-electron chi connectivity index (χ1n) is 8.04. The third kappa shape index (κ3) is 2.95. The number of aliphatic hydroxyl groups is 1. The quantitative estimate of drug-likeness (QED) is 0.755. The van der Waals surface area contributed by atoms with Gasteiger partial charge in [0.2, 0.25) is 0 Å². The zero-order valence-electron chi connectivity index (χ0n) is 13.9. The van der Waals surface area contributed by atoms with Gasteiger partial charge in [-0.1, -0.05) is 60.7 Å². The van der Waals surface area contributed by atoms with Gasteiger partial charge in [-0.3, -0.25) is 0 Å². The van der Waals surface area contributed by atoms with Gasteiger partial charge in [-0.05, 0) is 41.8 Å². The fourth-order valence-corrected chi connectivity index (χ4v) is 3.16. The standard InChI is InChI=1S/C21H23NO/c1-15-19-12-8-7-9-17(19)13-14-20(15)22(3)16(2)21(23)18-10-5-4-6-11-18/h4-14,16,21,23H,1-3H3. The molecule has 2 atom stereocenters. The van der Waals surface area contributed by atoms with Gasteiger partial charge in [0.1, 0.15) is 0 Å². The summed E-state index contributed by atoms with van der Waals surface area (Å²) >= 11 is 0. The normalized spacial score (nSPS) is 13.7. The molecular formula is C21H23NO. The van der Waals surface area contributed by atoms with Crippen molar-refractivity contribution in [2.45, 2.75) is 26.0 Å². The Labute approximate surface area is 138 Å². The van der Waals surface area contributed by atoms with Crippen LogP contribution in [0.3, 0.4) is 0 Å². The van der Waals surface area contributed by atoms with Crippen LogP contribution in [0.1, 0.15) is 24.2 Å². The van der Waals surface area contributed by atoms with Crippen molar-refractivity contribution in [1.82, 2.24) is 0 Å². The Morgan fingerprint density at radius 3 is 2.26 bits per heavy atom. The highest BCUT2D eigenvalue weighted by molar-refractivity contribution is 5.90. The zero-order valence-corrected chi connectivity index (χ0v) is 13.9.